The molecule has 8 rings (SSSR count). The van der Waals surface area contributed by atoms with E-state index in [0.717, 1.165) is 11.5 Å². The number of benzene rings is 1. The lowest BCUT2D eigenvalue weighted by atomic mass is 9.43. The monoisotopic (exact) mass is 1010 g/mol. The molecule has 21 heteroatoms. The molecular formula is C51H97B7O14. The van der Waals surface area contributed by atoms with Crippen LogP contribution in [0.3, 0.4) is 0 Å². The Morgan fingerprint density at radius 3 is 0.639 bits per heavy atom. The minimum absolute atomic E-state index is 0.0260. The van der Waals surface area contributed by atoms with Gasteiger partial charge in [-0.2, -0.15) is 0 Å². The molecule has 0 bridgehead atoms. The quantitative estimate of drug-likeness (QED) is 0.261. The fraction of sp³-hybridized carbons (Fsp3) is 0.882. The summed E-state index contributed by atoms with van der Waals surface area (Å²) in [5.41, 5.74) is -3.70. The van der Waals surface area contributed by atoms with Crippen molar-refractivity contribution in [3.63, 3.8) is 0 Å². The third kappa shape index (κ3) is 12.2. The first kappa shape index (κ1) is 63.3. The van der Waals surface area contributed by atoms with E-state index in [1.807, 2.05) is 107 Å². The van der Waals surface area contributed by atoms with Gasteiger partial charge in [0.15, 0.2) is 0 Å². The van der Waals surface area contributed by atoms with Gasteiger partial charge in [0, 0.05) is 16.2 Å². The Balaban J connectivity index is 0.000000206. The number of para-hydroxylation sites is 2. The smallest absolute Gasteiger partial charge is 0.526 e. The third-order valence-electron chi connectivity index (χ3n) is 20.1. The molecule has 0 N–H and O–H groups in total. The maximum Gasteiger partial charge on any atom is 0.576 e. The van der Waals surface area contributed by atoms with Crippen LogP contribution in [0.4, 0.5) is 0 Å². The van der Waals surface area contributed by atoms with Crippen LogP contribution in [0.15, 0.2) is 24.3 Å². The molecule has 7 heterocycles. The highest BCUT2D eigenvalue weighted by molar-refractivity contribution is 7.11. The van der Waals surface area contributed by atoms with Crippen LogP contribution in [0, 0.1) is 16.2 Å². The molecule has 14 nitrogen and oxygen atoms in total. The molecule has 6 saturated heterocycles. The van der Waals surface area contributed by atoms with Gasteiger partial charge in [0.1, 0.15) is 11.5 Å². The summed E-state index contributed by atoms with van der Waals surface area (Å²) in [6.45, 7) is 62.9. The Kier molecular flexibility index (Phi) is 17.8. The zero-order valence-electron chi connectivity index (χ0n) is 51.0. The molecule has 72 heavy (non-hydrogen) atoms. The minimum Gasteiger partial charge on any atom is -0.526 e. The maximum atomic E-state index is 6.35. The molecule has 406 valence electrons. The molecule has 6 fully saturated rings. The van der Waals surface area contributed by atoms with Crippen molar-refractivity contribution in [2.24, 2.45) is 16.2 Å². The van der Waals surface area contributed by atoms with Gasteiger partial charge in [-0.3, -0.25) is 0 Å². The highest BCUT2D eigenvalue weighted by atomic mass is 16.7. The first-order valence-corrected chi connectivity index (χ1v) is 26.2. The van der Waals surface area contributed by atoms with Crippen molar-refractivity contribution in [3.8, 4) is 11.5 Å². The van der Waals surface area contributed by atoms with Crippen LogP contribution in [0.5, 0.6) is 11.5 Å². The molecule has 7 aliphatic heterocycles. The average molecular weight is 1010 g/mol. The fourth-order valence-corrected chi connectivity index (χ4v) is 8.40. The van der Waals surface area contributed by atoms with E-state index in [2.05, 4.69) is 125 Å². The first-order valence-electron chi connectivity index (χ1n) is 26.2. The average Bonchev–Trinajstić information content (AvgIpc) is 3.88. The molecule has 1 aromatic rings. The van der Waals surface area contributed by atoms with Crippen molar-refractivity contribution in [2.45, 2.75) is 275 Å². The van der Waals surface area contributed by atoms with Gasteiger partial charge >= 0.3 is 51.1 Å². The number of fused-ring (bicyclic) bond motifs is 1. The molecule has 0 spiro atoms. The summed E-state index contributed by atoms with van der Waals surface area (Å²) in [5, 5.41) is 0. The summed E-state index contributed by atoms with van der Waals surface area (Å²) in [6, 6.07) is 7.63. The summed E-state index contributed by atoms with van der Waals surface area (Å²) in [7, 11) is -0.870. The number of hydrogen-bond donors (Lipinski definition) is 0. The summed E-state index contributed by atoms with van der Waals surface area (Å²) in [4.78, 5) is 0. The van der Waals surface area contributed by atoms with Gasteiger partial charge in [-0.05, 0) is 178 Å². The van der Waals surface area contributed by atoms with Crippen LogP contribution in [-0.2, 0) is 55.9 Å². The maximum absolute atomic E-state index is 6.35. The van der Waals surface area contributed by atoms with Crippen molar-refractivity contribution >= 4 is 51.1 Å². The molecule has 0 amide bonds. The SMILES string of the molecule is B1Oc2ccccc2O1.CC1(C)OB(B2OC(C)(C)C(C)(C)C(C)(C)O2)OC(C)(C)C1(C)C.CC1(C)OB(B2OC(C)(C)C(C)(C)O2)OC1(C)C.CC1(C)OBOC(C)(C)C1(C)C.CC1(C)OBOC1(C)C. The molecule has 0 atom stereocenters. The molecule has 0 aliphatic carbocycles. The molecule has 0 unspecified atom stereocenters. The van der Waals surface area contributed by atoms with E-state index in [-0.39, 0.29) is 83.5 Å². The van der Waals surface area contributed by atoms with Crippen LogP contribution in [0.2, 0.25) is 0 Å². The van der Waals surface area contributed by atoms with Gasteiger partial charge in [-0.15, -0.1) is 0 Å². The largest absolute Gasteiger partial charge is 0.576 e. The first-order chi connectivity index (χ1) is 31.9. The molecule has 0 saturated carbocycles. The van der Waals surface area contributed by atoms with Gasteiger partial charge in [-0.25, -0.2) is 0 Å². The van der Waals surface area contributed by atoms with E-state index in [0.29, 0.717) is 23.1 Å². The summed E-state index contributed by atoms with van der Waals surface area (Å²) in [5.74, 6) is 1.69. The van der Waals surface area contributed by atoms with Crippen LogP contribution in [0.1, 0.15) is 208 Å². The lowest BCUT2D eigenvalue weighted by Gasteiger charge is -2.61. The van der Waals surface area contributed by atoms with Crippen molar-refractivity contribution in [3.05, 3.63) is 24.3 Å². The second-order valence-corrected chi connectivity index (χ2v) is 28.1. The van der Waals surface area contributed by atoms with Gasteiger partial charge in [-0.1, -0.05) is 53.7 Å². The Hall–Kier alpha value is -1.21. The highest BCUT2D eigenvalue weighted by Gasteiger charge is 2.67. The minimum atomic E-state index is -0.558. The predicted octanol–water partition coefficient (Wildman–Crippen LogP) is 10.0. The summed E-state index contributed by atoms with van der Waals surface area (Å²) < 4.78 is 81.2. The Morgan fingerprint density at radius 1 is 0.250 bits per heavy atom. The van der Waals surface area contributed by atoms with Crippen LogP contribution in [-0.4, -0.2) is 118 Å². The summed E-state index contributed by atoms with van der Waals surface area (Å²) in [6.07, 6.45) is 0. The van der Waals surface area contributed by atoms with Crippen LogP contribution in [0.25, 0.3) is 0 Å². The van der Waals surface area contributed by atoms with Crippen LogP contribution >= 0.6 is 0 Å². The van der Waals surface area contributed by atoms with Gasteiger partial charge in [0.05, 0.1) is 67.2 Å². The fourth-order valence-electron chi connectivity index (χ4n) is 8.40. The number of hydrogen-bond acceptors (Lipinski definition) is 14. The topological polar surface area (TPSA) is 129 Å². The third-order valence-corrected chi connectivity index (χ3v) is 20.1. The van der Waals surface area contributed by atoms with Gasteiger partial charge < -0.3 is 65.2 Å². The molecule has 1 aromatic carbocycles. The summed E-state index contributed by atoms with van der Waals surface area (Å²) >= 11 is 0. The van der Waals surface area contributed by atoms with Crippen LogP contribution < -0.4 is 9.31 Å². The van der Waals surface area contributed by atoms with Crippen molar-refractivity contribution < 1.29 is 65.2 Å². The van der Waals surface area contributed by atoms with Gasteiger partial charge in [0.25, 0.3) is 0 Å². The molecular weight excluding hydrogens is 912 g/mol. The predicted molar refractivity (Wildman–Crippen MR) is 295 cm³/mol. The number of rotatable bonds is 2. The van der Waals surface area contributed by atoms with E-state index in [9.17, 15) is 0 Å². The standard InChI is InChI=1S/C18H36B2O4.C12H24B2O4.C9H19BO2.C6H5BO2.C6H13BO2/c1-13(2)15(5,6)21-19(22-16(13,7)8)20-23-17(9,10)14(3,4)18(11,12)24-20;1-9(2)10(3,4)16-13(15-9)14-17-11(5,6)12(7,8)18-14;1-7(2)8(3,4)11-10-12-9(7,5)6;1-2-4-6-5(3-1)8-7-9-6;1-5(2)6(3,4)9-7-8-5/h1-12H3;1-8H3;10H,1-6H3;1-4,7H;7H,1-4H3. The lowest BCUT2D eigenvalue weighted by Crippen LogP contribution is -2.73. The van der Waals surface area contributed by atoms with Crippen molar-refractivity contribution in [1.29, 1.82) is 0 Å². The Bertz CT molecular complexity index is 1810. The molecule has 0 aromatic heterocycles. The van der Waals surface area contributed by atoms with Crippen molar-refractivity contribution in [2.75, 3.05) is 0 Å². The Morgan fingerprint density at radius 2 is 0.444 bits per heavy atom. The highest BCUT2D eigenvalue weighted by Crippen LogP contribution is 2.53. The van der Waals surface area contributed by atoms with Gasteiger partial charge in [0.2, 0.25) is 0 Å². The van der Waals surface area contributed by atoms with E-state index in [1.165, 1.54) is 0 Å². The van der Waals surface area contributed by atoms with E-state index < -0.39 is 28.0 Å². The zero-order chi connectivity index (χ0) is 55.8. The molecule has 0 radical (unpaired) electrons. The van der Waals surface area contributed by atoms with E-state index in [1.54, 1.807) is 0 Å². The molecule has 7 aliphatic rings. The van der Waals surface area contributed by atoms with Crippen molar-refractivity contribution in [1.82, 2.24) is 0 Å². The normalized spacial score (nSPS) is 29.3. The second kappa shape index (κ2) is 20.2. The lowest BCUT2D eigenvalue weighted by molar-refractivity contribution is -0.199. The Labute approximate surface area is 441 Å². The van der Waals surface area contributed by atoms with E-state index >= 15 is 0 Å². The zero-order valence-corrected chi connectivity index (χ0v) is 51.0. The second-order valence-electron chi connectivity index (χ2n) is 28.1. The van der Waals surface area contributed by atoms with E-state index in [4.69, 9.17) is 65.2 Å².